The standard InChI is InChI=1S/C39H20N2OS.2C38H19N3OS/c1-4-10-30-23(7-1)18-28-27-20-33-36(26-9-2-5-11-32(26)42-33)37-29-17-21(14-16-31(29)41(38(27)37)39(28)40-30)22-13-15-25-24-8-3-6-12-34(24)43-35(25)19-22;1-5-14-30-24(9-1)33-31(42-30)19-26-35-38(40-28-13-4-3-12-27(28)39-35)41-29-17-16-20(18-25(29)34(33)36(26)41)21-10-7-11-23-22-8-2-6-15-32(22)43-37(21)23;1-5-11-30-23(8-1)34-31(42-30)19-26-36-38(40-28-10-4-3-9-27(28)39-36)41-29-15-13-20(18-25(29)35(34)37(26)41)21-14-16-33-24(17-21)22-7-2-6-12-32(22)43-33/h1-20H;2*1-19H. The molecule has 0 aliphatic heterocycles. The summed E-state index contributed by atoms with van der Waals surface area (Å²) in [7, 11) is 0. The molecule has 0 aliphatic rings. The van der Waals surface area contributed by atoms with E-state index in [2.05, 4.69) is 298 Å². The van der Waals surface area contributed by atoms with Crippen molar-refractivity contribution in [2.24, 2.45) is 0 Å². The third-order valence-corrected chi connectivity index (χ3v) is 31.0. The van der Waals surface area contributed by atoms with Gasteiger partial charge in [0.05, 0.1) is 60.7 Å². The Kier molecular flexibility index (Phi) is 13.5. The lowest BCUT2D eigenvalue weighted by atomic mass is 9.98. The molecular formula is C115H58N8O3S3. The highest BCUT2D eigenvalue weighted by molar-refractivity contribution is 7.27. The fourth-order valence-corrected chi connectivity index (χ4v) is 25.4. The maximum Gasteiger partial charge on any atom is 0.165 e. The van der Waals surface area contributed by atoms with Gasteiger partial charge in [-0.25, -0.2) is 24.9 Å². The number of aromatic nitrogens is 8. The van der Waals surface area contributed by atoms with Gasteiger partial charge in [-0.3, -0.25) is 13.2 Å². The van der Waals surface area contributed by atoms with E-state index in [1.54, 1.807) is 0 Å². The second-order valence-corrected chi connectivity index (χ2v) is 37.5. The van der Waals surface area contributed by atoms with Gasteiger partial charge < -0.3 is 13.3 Å². The number of thiophene rings is 3. The Morgan fingerprint density at radius 3 is 1.13 bits per heavy atom. The van der Waals surface area contributed by atoms with Crippen molar-refractivity contribution in [3.05, 3.63) is 352 Å². The number of hydrogen-bond donors (Lipinski definition) is 0. The fourth-order valence-electron chi connectivity index (χ4n) is 21.9. The minimum absolute atomic E-state index is 0.877. The molecule has 0 aliphatic carbocycles. The fraction of sp³-hybridized carbons (Fsp3) is 0. The first-order chi connectivity index (χ1) is 63.9. The second-order valence-electron chi connectivity index (χ2n) is 34.3. The number of fused-ring (bicyclic) bond motifs is 42. The number of benzene rings is 18. The van der Waals surface area contributed by atoms with Crippen LogP contribution in [0.15, 0.2) is 365 Å². The minimum atomic E-state index is 0.877. The van der Waals surface area contributed by atoms with Crippen LogP contribution in [0.2, 0.25) is 0 Å². The van der Waals surface area contributed by atoms with Crippen molar-refractivity contribution < 1.29 is 13.3 Å². The van der Waals surface area contributed by atoms with Gasteiger partial charge >= 0.3 is 0 Å². The molecule has 15 aromatic heterocycles. The molecule has 0 fully saturated rings. The number of rotatable bonds is 3. The van der Waals surface area contributed by atoms with E-state index in [1.165, 1.54) is 148 Å². The molecule has 33 rings (SSSR count). The van der Waals surface area contributed by atoms with E-state index >= 15 is 0 Å². The van der Waals surface area contributed by atoms with Gasteiger partial charge in [0.15, 0.2) is 11.3 Å². The van der Waals surface area contributed by atoms with Gasteiger partial charge in [-0.1, -0.05) is 206 Å². The number of furan rings is 3. The summed E-state index contributed by atoms with van der Waals surface area (Å²) in [5.41, 5.74) is 28.8. The third kappa shape index (κ3) is 9.38. The Bertz CT molecular complexity index is 10800. The highest BCUT2D eigenvalue weighted by Gasteiger charge is 2.30. The molecule has 0 unspecified atom stereocenters. The normalized spacial score (nSPS) is 12.7. The average molecular weight is 1700 g/mol. The molecular weight excluding hydrogens is 1640 g/mol. The van der Waals surface area contributed by atoms with Crippen molar-refractivity contribution in [3.8, 4) is 33.4 Å². The number of pyridine rings is 1. The molecule has 0 amide bonds. The van der Waals surface area contributed by atoms with Crippen molar-refractivity contribution in [1.82, 2.24) is 38.1 Å². The van der Waals surface area contributed by atoms with Crippen LogP contribution in [0, 0.1) is 0 Å². The third-order valence-electron chi connectivity index (χ3n) is 27.5. The molecule has 15 heterocycles. The lowest BCUT2D eigenvalue weighted by molar-refractivity contribution is 0.669. The van der Waals surface area contributed by atoms with Crippen LogP contribution in [-0.4, -0.2) is 38.1 Å². The molecule has 18 aromatic carbocycles. The number of hydrogen-bond acceptors (Lipinski definition) is 11. The van der Waals surface area contributed by atoms with Crippen molar-refractivity contribution in [1.29, 1.82) is 0 Å². The van der Waals surface area contributed by atoms with Gasteiger partial charge in [-0.2, -0.15) is 0 Å². The molecule has 14 heteroatoms. The van der Waals surface area contributed by atoms with Crippen molar-refractivity contribution in [3.63, 3.8) is 0 Å². The SMILES string of the molecule is c1ccc2nc3c(cc2c1)c1cc2oc4ccccc4c2c2c4cc(-c5ccc6c(c5)sc5ccccc56)ccc4n3c12.c1ccc2nc3c(nc2c1)c1cc2oc4ccccc4c2c2c4cc(-c5ccc6sc7ccccc7c6c5)ccc4n3c12.c1ccc2nc3c(nc2c1)c1cc2oc4ccccc4c2c2c4cc(-c5cccc6c5sc5ccccc56)ccc4n3c12. The lowest BCUT2D eigenvalue weighted by Gasteiger charge is -2.06. The quantitative estimate of drug-likeness (QED) is 0.172. The van der Waals surface area contributed by atoms with Crippen LogP contribution < -0.4 is 0 Å². The largest absolute Gasteiger partial charge is 0.456 e. The van der Waals surface area contributed by atoms with Crippen LogP contribution in [0.5, 0.6) is 0 Å². The first-order valence-corrected chi connectivity index (χ1v) is 45.8. The van der Waals surface area contributed by atoms with Gasteiger partial charge in [0.25, 0.3) is 0 Å². The molecule has 33 aromatic rings. The summed E-state index contributed by atoms with van der Waals surface area (Å²) < 4.78 is 34.4. The summed E-state index contributed by atoms with van der Waals surface area (Å²) >= 11 is 5.59. The molecule has 129 heavy (non-hydrogen) atoms. The second kappa shape index (κ2) is 25.2. The number of nitrogens with zero attached hydrogens (tertiary/aromatic N) is 8. The summed E-state index contributed by atoms with van der Waals surface area (Å²) in [5, 5.41) is 27.6. The molecule has 0 bridgehead atoms. The Morgan fingerprint density at radius 1 is 0.202 bits per heavy atom. The monoisotopic (exact) mass is 1690 g/mol. The van der Waals surface area contributed by atoms with Crippen molar-refractivity contribution >= 4 is 308 Å². The molecule has 0 spiro atoms. The summed E-state index contributed by atoms with van der Waals surface area (Å²) in [6.45, 7) is 0. The van der Waals surface area contributed by atoms with Gasteiger partial charge in [0, 0.05) is 152 Å². The summed E-state index contributed by atoms with van der Waals surface area (Å²) in [6.07, 6.45) is 0. The van der Waals surface area contributed by atoms with E-state index in [0.717, 1.165) is 160 Å². The highest BCUT2D eigenvalue weighted by atomic mass is 32.1. The van der Waals surface area contributed by atoms with Gasteiger partial charge in [-0.05, 0) is 179 Å². The predicted molar refractivity (Wildman–Crippen MR) is 542 cm³/mol. The maximum atomic E-state index is 6.51. The molecule has 594 valence electrons. The van der Waals surface area contributed by atoms with E-state index in [9.17, 15) is 0 Å². The highest BCUT2D eigenvalue weighted by Crippen LogP contribution is 2.53. The van der Waals surface area contributed by atoms with E-state index in [4.69, 9.17) is 38.2 Å². The zero-order valence-corrected chi connectivity index (χ0v) is 70.5. The van der Waals surface area contributed by atoms with Crippen LogP contribution in [0.3, 0.4) is 0 Å². The molecule has 0 radical (unpaired) electrons. The van der Waals surface area contributed by atoms with Crippen LogP contribution in [0.4, 0.5) is 0 Å². The van der Waals surface area contributed by atoms with Gasteiger partial charge in [0.1, 0.15) is 50.2 Å². The van der Waals surface area contributed by atoms with Crippen LogP contribution in [0.1, 0.15) is 0 Å². The Balaban J connectivity index is 0.0000000919. The lowest BCUT2D eigenvalue weighted by Crippen LogP contribution is -1.89. The zero-order chi connectivity index (χ0) is 83.4. The van der Waals surface area contributed by atoms with E-state index in [-0.39, 0.29) is 0 Å². The number of para-hydroxylation sites is 8. The van der Waals surface area contributed by atoms with E-state index < -0.39 is 0 Å². The molecule has 11 nitrogen and oxygen atoms in total. The van der Waals surface area contributed by atoms with E-state index in [1.807, 2.05) is 101 Å². The maximum absolute atomic E-state index is 6.51. The van der Waals surface area contributed by atoms with Crippen LogP contribution >= 0.6 is 34.0 Å². The first-order valence-electron chi connectivity index (χ1n) is 43.4. The van der Waals surface area contributed by atoms with Crippen LogP contribution in [0.25, 0.3) is 308 Å². The van der Waals surface area contributed by atoms with Crippen molar-refractivity contribution in [2.45, 2.75) is 0 Å². The summed E-state index contributed by atoms with van der Waals surface area (Å²) in [6, 6.07) is 126. The Morgan fingerprint density at radius 2 is 0.574 bits per heavy atom. The van der Waals surface area contributed by atoms with Crippen molar-refractivity contribution in [2.75, 3.05) is 0 Å². The zero-order valence-electron chi connectivity index (χ0n) is 68.0. The summed E-state index contributed by atoms with van der Waals surface area (Å²) in [5.74, 6) is 0. The van der Waals surface area contributed by atoms with E-state index in [0.29, 0.717) is 0 Å². The molecule has 0 N–H and O–H groups in total. The Hall–Kier alpha value is -16.5. The predicted octanol–water partition coefficient (Wildman–Crippen LogP) is 32.7. The minimum Gasteiger partial charge on any atom is -0.456 e. The smallest absolute Gasteiger partial charge is 0.165 e. The molecule has 0 saturated heterocycles. The molecule has 0 atom stereocenters. The topological polar surface area (TPSA) is 117 Å². The van der Waals surface area contributed by atoms with Gasteiger partial charge in [-0.15, -0.1) is 34.0 Å². The van der Waals surface area contributed by atoms with Gasteiger partial charge in [0.2, 0.25) is 0 Å². The van der Waals surface area contributed by atoms with Crippen LogP contribution in [-0.2, 0) is 0 Å². The first kappa shape index (κ1) is 68.9. The average Bonchev–Trinajstić information content (AvgIpc) is 1.53. The molecule has 0 saturated carbocycles. The Labute approximate surface area is 739 Å². The summed E-state index contributed by atoms with van der Waals surface area (Å²) in [4.78, 5) is 25.8.